The lowest BCUT2D eigenvalue weighted by Crippen LogP contribution is -2.02. The fourth-order valence-electron chi connectivity index (χ4n) is 3.25. The highest BCUT2D eigenvalue weighted by Crippen LogP contribution is 2.28. The molecule has 0 spiro atoms. The number of unbranched alkanes of at least 4 members (excludes halogenated alkanes) is 1. The lowest BCUT2D eigenvalue weighted by atomic mass is 9.88. The monoisotopic (exact) mass is 294 g/mol. The predicted octanol–water partition coefficient (Wildman–Crippen LogP) is 6.60. The molecule has 0 aliphatic heterocycles. The van der Waals surface area contributed by atoms with E-state index in [-0.39, 0.29) is 0 Å². The smallest absolute Gasteiger partial charge is 0.0178 e. The van der Waals surface area contributed by atoms with Crippen molar-refractivity contribution in [1.29, 1.82) is 0 Å². The van der Waals surface area contributed by atoms with Crippen LogP contribution in [0.5, 0.6) is 0 Å². The van der Waals surface area contributed by atoms with Crippen LogP contribution in [0.4, 0.5) is 0 Å². The van der Waals surface area contributed by atoms with Crippen LogP contribution in [0.15, 0.2) is 42.5 Å². The number of rotatable bonds is 8. The van der Waals surface area contributed by atoms with Crippen LogP contribution >= 0.6 is 0 Å². The average molecular weight is 294 g/mol. The summed E-state index contributed by atoms with van der Waals surface area (Å²) in [7, 11) is 0. The molecule has 0 N–H and O–H groups in total. The van der Waals surface area contributed by atoms with Gasteiger partial charge in [-0.15, -0.1) is 0 Å². The third-order valence-corrected chi connectivity index (χ3v) is 4.36. The van der Waals surface area contributed by atoms with Gasteiger partial charge in [-0.3, -0.25) is 0 Å². The minimum absolute atomic E-state index is 1.20. The predicted molar refractivity (Wildman–Crippen MR) is 98.5 cm³/mol. The topological polar surface area (TPSA) is 0 Å². The number of benzene rings is 2. The Morgan fingerprint density at radius 3 is 1.86 bits per heavy atom. The zero-order chi connectivity index (χ0) is 15.8. The molecule has 0 unspecified atom stereocenters. The van der Waals surface area contributed by atoms with Crippen molar-refractivity contribution in [3.63, 3.8) is 0 Å². The second-order valence-electron chi connectivity index (χ2n) is 6.24. The molecule has 0 aliphatic carbocycles. The van der Waals surface area contributed by atoms with E-state index in [1.165, 1.54) is 56.1 Å². The molecule has 0 saturated heterocycles. The highest BCUT2D eigenvalue weighted by molar-refractivity contribution is 5.66. The Morgan fingerprint density at radius 2 is 1.27 bits per heavy atom. The molecule has 118 valence electrons. The van der Waals surface area contributed by atoms with Gasteiger partial charge in [-0.05, 0) is 53.5 Å². The Morgan fingerprint density at radius 1 is 0.636 bits per heavy atom. The minimum Gasteiger partial charge on any atom is -0.0654 e. The van der Waals surface area contributed by atoms with E-state index in [1.54, 1.807) is 16.7 Å². The number of hydrogen-bond acceptors (Lipinski definition) is 0. The summed E-state index contributed by atoms with van der Waals surface area (Å²) in [5, 5.41) is 0. The van der Waals surface area contributed by atoms with Crippen molar-refractivity contribution in [3.8, 4) is 11.1 Å². The maximum Gasteiger partial charge on any atom is -0.0178 e. The Labute approximate surface area is 136 Å². The van der Waals surface area contributed by atoms with Crippen molar-refractivity contribution in [2.75, 3.05) is 0 Å². The summed E-state index contributed by atoms with van der Waals surface area (Å²) in [4.78, 5) is 0. The van der Waals surface area contributed by atoms with E-state index in [0.717, 1.165) is 0 Å². The molecule has 2 aromatic rings. The molecule has 0 saturated carbocycles. The third kappa shape index (κ3) is 4.22. The van der Waals surface area contributed by atoms with Crippen molar-refractivity contribution in [2.45, 2.75) is 65.7 Å². The Balaban J connectivity index is 2.49. The van der Waals surface area contributed by atoms with Crippen LogP contribution in [0.2, 0.25) is 0 Å². The van der Waals surface area contributed by atoms with Crippen LogP contribution in [0.3, 0.4) is 0 Å². The maximum absolute atomic E-state index is 2.45. The number of aryl methyl sites for hydroxylation is 2. The van der Waals surface area contributed by atoms with Gasteiger partial charge in [0.1, 0.15) is 0 Å². The zero-order valence-corrected chi connectivity index (χ0v) is 14.5. The van der Waals surface area contributed by atoms with Crippen LogP contribution < -0.4 is 0 Å². The molecule has 0 heterocycles. The van der Waals surface area contributed by atoms with Crippen molar-refractivity contribution < 1.29 is 0 Å². The van der Waals surface area contributed by atoms with E-state index >= 15 is 0 Å². The highest BCUT2D eigenvalue weighted by Gasteiger charge is 2.11. The normalized spacial score (nSPS) is 10.9. The standard InChI is InChI=1S/C22H30/c1-4-7-13-20-17-21(18-14-9-8-10-15-18)16-19(11-5-2)22(20)12-6-3/h8-10,14-17H,4-7,11-13H2,1-3H3. The van der Waals surface area contributed by atoms with Crippen LogP contribution in [0.25, 0.3) is 11.1 Å². The van der Waals surface area contributed by atoms with Gasteiger partial charge >= 0.3 is 0 Å². The minimum atomic E-state index is 1.20. The molecule has 0 aromatic heterocycles. The van der Waals surface area contributed by atoms with Crippen LogP contribution in [-0.2, 0) is 19.3 Å². The fourth-order valence-corrected chi connectivity index (χ4v) is 3.25. The maximum atomic E-state index is 2.45. The summed E-state index contributed by atoms with van der Waals surface area (Å²) in [5.74, 6) is 0. The largest absolute Gasteiger partial charge is 0.0654 e. The lowest BCUT2D eigenvalue weighted by Gasteiger charge is -2.17. The summed E-state index contributed by atoms with van der Waals surface area (Å²) in [6.07, 6.45) is 8.68. The van der Waals surface area contributed by atoms with E-state index in [1.807, 2.05) is 0 Å². The van der Waals surface area contributed by atoms with Crippen molar-refractivity contribution >= 4 is 0 Å². The number of hydrogen-bond donors (Lipinski definition) is 0. The zero-order valence-electron chi connectivity index (χ0n) is 14.5. The Kier molecular flexibility index (Phi) is 6.71. The van der Waals surface area contributed by atoms with Gasteiger partial charge in [0.15, 0.2) is 0 Å². The molecule has 0 bridgehead atoms. The molecule has 22 heavy (non-hydrogen) atoms. The Bertz CT molecular complexity index is 566. The quantitative estimate of drug-likeness (QED) is 0.514. The summed E-state index contributed by atoms with van der Waals surface area (Å²) < 4.78 is 0. The van der Waals surface area contributed by atoms with E-state index in [2.05, 4.69) is 63.2 Å². The van der Waals surface area contributed by atoms with Gasteiger partial charge in [0.25, 0.3) is 0 Å². The van der Waals surface area contributed by atoms with Gasteiger partial charge in [0.2, 0.25) is 0 Å². The summed E-state index contributed by atoms with van der Waals surface area (Å²) >= 11 is 0. The SMILES string of the molecule is CCCCc1cc(-c2ccccc2)cc(CCC)c1CCC. The molecular weight excluding hydrogens is 264 g/mol. The fraction of sp³-hybridized carbons (Fsp3) is 0.455. The second-order valence-corrected chi connectivity index (χ2v) is 6.24. The van der Waals surface area contributed by atoms with E-state index in [9.17, 15) is 0 Å². The van der Waals surface area contributed by atoms with Gasteiger partial charge in [0, 0.05) is 0 Å². The van der Waals surface area contributed by atoms with Gasteiger partial charge in [-0.25, -0.2) is 0 Å². The van der Waals surface area contributed by atoms with Crippen molar-refractivity contribution in [3.05, 3.63) is 59.2 Å². The van der Waals surface area contributed by atoms with E-state index in [0.29, 0.717) is 0 Å². The molecule has 0 heteroatoms. The molecule has 0 amide bonds. The first-order valence-electron chi connectivity index (χ1n) is 9.00. The lowest BCUT2D eigenvalue weighted by molar-refractivity contribution is 0.772. The van der Waals surface area contributed by atoms with E-state index < -0.39 is 0 Å². The van der Waals surface area contributed by atoms with Crippen molar-refractivity contribution in [2.24, 2.45) is 0 Å². The first-order chi connectivity index (χ1) is 10.8. The molecule has 2 aromatic carbocycles. The summed E-state index contributed by atoms with van der Waals surface area (Å²) in [6.45, 7) is 6.87. The molecule has 0 fully saturated rings. The van der Waals surface area contributed by atoms with Crippen LogP contribution in [0, 0.1) is 0 Å². The van der Waals surface area contributed by atoms with Crippen molar-refractivity contribution in [1.82, 2.24) is 0 Å². The summed E-state index contributed by atoms with van der Waals surface area (Å²) in [6, 6.07) is 15.7. The van der Waals surface area contributed by atoms with Gasteiger partial charge < -0.3 is 0 Å². The van der Waals surface area contributed by atoms with Gasteiger partial charge in [0.05, 0.1) is 0 Å². The highest BCUT2D eigenvalue weighted by atomic mass is 14.2. The molecule has 0 radical (unpaired) electrons. The van der Waals surface area contributed by atoms with Crippen LogP contribution in [-0.4, -0.2) is 0 Å². The summed E-state index contributed by atoms with van der Waals surface area (Å²) in [5.41, 5.74) is 7.55. The Hall–Kier alpha value is -1.56. The third-order valence-electron chi connectivity index (χ3n) is 4.36. The van der Waals surface area contributed by atoms with Crippen LogP contribution in [0.1, 0.15) is 63.1 Å². The molecule has 0 atom stereocenters. The van der Waals surface area contributed by atoms with Gasteiger partial charge in [-0.1, -0.05) is 82.5 Å². The molecular formula is C22H30. The van der Waals surface area contributed by atoms with E-state index in [4.69, 9.17) is 0 Å². The first kappa shape index (κ1) is 16.8. The first-order valence-corrected chi connectivity index (χ1v) is 9.00. The molecule has 2 rings (SSSR count). The van der Waals surface area contributed by atoms with Gasteiger partial charge in [-0.2, -0.15) is 0 Å². The molecule has 0 aliphatic rings. The average Bonchev–Trinajstić information content (AvgIpc) is 2.56. The molecule has 0 nitrogen and oxygen atoms in total. The second kappa shape index (κ2) is 8.78.